The van der Waals surface area contributed by atoms with E-state index in [4.69, 9.17) is 0 Å². The molecule has 0 heterocycles. The van der Waals surface area contributed by atoms with Crippen LogP contribution in [0.15, 0.2) is 0 Å². The van der Waals surface area contributed by atoms with Crippen LogP contribution in [0.5, 0.6) is 0 Å². The molecular weight excluding hydrogens is 144 g/mol. The van der Waals surface area contributed by atoms with Crippen LogP contribution in [0.25, 0.3) is 0 Å². The lowest BCUT2D eigenvalue weighted by Gasteiger charge is -2.20. The average Bonchev–Trinajstić information content (AvgIpc) is 1.96. The Morgan fingerprint density at radius 3 is 1.75 bits per heavy atom. The summed E-state index contributed by atoms with van der Waals surface area (Å²) in [6.07, 6.45) is 5.61. The highest BCUT2D eigenvalue weighted by molar-refractivity contribution is 4.63. The van der Waals surface area contributed by atoms with E-state index in [1.807, 2.05) is 0 Å². The average molecular weight is 170 g/mol. The molecular formula is C12H26. The molecule has 0 aromatic carbocycles. The van der Waals surface area contributed by atoms with Crippen molar-refractivity contribution in [3.05, 3.63) is 0 Å². The molecule has 0 spiro atoms. The predicted molar refractivity (Wildman–Crippen MR) is 57.3 cm³/mol. The summed E-state index contributed by atoms with van der Waals surface area (Å²) in [6.45, 7) is 11.7. The van der Waals surface area contributed by atoms with E-state index in [9.17, 15) is 0 Å². The molecule has 1 atom stereocenters. The quantitative estimate of drug-likeness (QED) is 0.551. The maximum Gasteiger partial charge on any atom is -0.0391 e. The van der Waals surface area contributed by atoms with E-state index in [1.165, 1.54) is 25.7 Å². The molecule has 0 saturated heterocycles. The molecule has 0 rings (SSSR count). The van der Waals surface area contributed by atoms with Crippen molar-refractivity contribution in [2.75, 3.05) is 0 Å². The molecule has 0 aromatic rings. The molecule has 0 bridgehead atoms. The van der Waals surface area contributed by atoms with Gasteiger partial charge in [-0.05, 0) is 24.2 Å². The topological polar surface area (TPSA) is 0 Å². The first-order valence-corrected chi connectivity index (χ1v) is 5.57. The molecule has 1 unspecified atom stereocenters. The summed E-state index contributed by atoms with van der Waals surface area (Å²) in [4.78, 5) is 0. The predicted octanol–water partition coefficient (Wildman–Crippen LogP) is 4.49. The van der Waals surface area contributed by atoms with Crippen molar-refractivity contribution in [1.82, 2.24) is 0 Å². The van der Waals surface area contributed by atoms with Crippen LogP contribution in [-0.2, 0) is 0 Å². The van der Waals surface area contributed by atoms with Gasteiger partial charge in [0.2, 0.25) is 0 Å². The highest BCUT2D eigenvalue weighted by Gasteiger charge is 2.12. The zero-order valence-corrected chi connectivity index (χ0v) is 9.56. The molecule has 12 heavy (non-hydrogen) atoms. The van der Waals surface area contributed by atoms with Crippen LogP contribution in [0.2, 0.25) is 0 Å². The van der Waals surface area contributed by atoms with E-state index in [-0.39, 0.29) is 0 Å². The normalized spacial score (nSPS) is 14.2. The van der Waals surface area contributed by atoms with Crippen LogP contribution in [0.4, 0.5) is 0 Å². The maximum atomic E-state index is 2.36. The largest absolute Gasteiger partial charge is 0.0654 e. The molecule has 0 aliphatic rings. The minimum atomic E-state index is 0.878. The smallest absolute Gasteiger partial charge is 0.0391 e. The van der Waals surface area contributed by atoms with Crippen molar-refractivity contribution in [3.8, 4) is 0 Å². The minimum Gasteiger partial charge on any atom is -0.0654 e. The van der Waals surface area contributed by atoms with Gasteiger partial charge >= 0.3 is 0 Å². The molecule has 0 nitrogen and oxygen atoms in total. The van der Waals surface area contributed by atoms with Crippen molar-refractivity contribution in [1.29, 1.82) is 0 Å². The summed E-state index contributed by atoms with van der Waals surface area (Å²) in [5.41, 5.74) is 0. The summed E-state index contributed by atoms with van der Waals surface area (Å²) in [7, 11) is 0. The van der Waals surface area contributed by atoms with Gasteiger partial charge in [0, 0.05) is 0 Å². The van der Waals surface area contributed by atoms with Crippen molar-refractivity contribution in [2.45, 2.75) is 60.3 Å². The van der Waals surface area contributed by atoms with Crippen molar-refractivity contribution < 1.29 is 0 Å². The van der Waals surface area contributed by atoms with Gasteiger partial charge in [-0.15, -0.1) is 0 Å². The van der Waals surface area contributed by atoms with Gasteiger partial charge in [0.25, 0.3) is 0 Å². The Morgan fingerprint density at radius 1 is 0.833 bits per heavy atom. The van der Waals surface area contributed by atoms with Gasteiger partial charge in [-0.1, -0.05) is 53.9 Å². The number of hydrogen-bond acceptors (Lipinski definition) is 0. The SMILES string of the molecule is CCCC(CCC(C)C)C(C)C. The van der Waals surface area contributed by atoms with Crippen LogP contribution in [0.1, 0.15) is 60.3 Å². The third kappa shape index (κ3) is 5.62. The minimum absolute atomic E-state index is 0.878. The van der Waals surface area contributed by atoms with Gasteiger partial charge in [-0.3, -0.25) is 0 Å². The van der Waals surface area contributed by atoms with Crippen molar-refractivity contribution >= 4 is 0 Å². The van der Waals surface area contributed by atoms with Gasteiger partial charge in [-0.2, -0.15) is 0 Å². The molecule has 0 aliphatic heterocycles. The molecule has 0 N–H and O–H groups in total. The zero-order chi connectivity index (χ0) is 9.56. The second-order valence-electron chi connectivity index (χ2n) is 4.76. The lowest BCUT2D eigenvalue weighted by molar-refractivity contribution is 0.310. The van der Waals surface area contributed by atoms with E-state index < -0.39 is 0 Å². The third-order valence-electron chi connectivity index (χ3n) is 2.72. The molecule has 0 radical (unpaired) electrons. The number of hydrogen-bond donors (Lipinski definition) is 0. The zero-order valence-electron chi connectivity index (χ0n) is 9.56. The Balaban J connectivity index is 3.63. The van der Waals surface area contributed by atoms with E-state index in [1.54, 1.807) is 0 Å². The molecule has 0 aliphatic carbocycles. The van der Waals surface area contributed by atoms with E-state index in [0.717, 1.165) is 17.8 Å². The van der Waals surface area contributed by atoms with Gasteiger partial charge in [0.05, 0.1) is 0 Å². The molecule has 74 valence electrons. The first-order chi connectivity index (χ1) is 5.57. The summed E-state index contributed by atoms with van der Waals surface area (Å²) in [5, 5.41) is 0. The van der Waals surface area contributed by atoms with Crippen molar-refractivity contribution in [2.24, 2.45) is 17.8 Å². The maximum absolute atomic E-state index is 2.36. The molecule has 0 aromatic heterocycles. The second-order valence-corrected chi connectivity index (χ2v) is 4.76. The molecule has 0 amide bonds. The standard InChI is InChI=1S/C12H26/c1-6-7-12(11(4)5)9-8-10(2)3/h10-12H,6-9H2,1-5H3. The van der Waals surface area contributed by atoms with E-state index >= 15 is 0 Å². The fourth-order valence-electron chi connectivity index (χ4n) is 1.73. The fourth-order valence-corrected chi connectivity index (χ4v) is 1.73. The van der Waals surface area contributed by atoms with E-state index in [0.29, 0.717) is 0 Å². The van der Waals surface area contributed by atoms with Gasteiger partial charge < -0.3 is 0 Å². The van der Waals surface area contributed by atoms with Gasteiger partial charge in [0.15, 0.2) is 0 Å². The van der Waals surface area contributed by atoms with Crippen LogP contribution in [0, 0.1) is 17.8 Å². The monoisotopic (exact) mass is 170 g/mol. The third-order valence-corrected chi connectivity index (χ3v) is 2.72. The second kappa shape index (κ2) is 6.51. The summed E-state index contributed by atoms with van der Waals surface area (Å²) in [6, 6.07) is 0. The Bertz CT molecular complexity index is 92.2. The lowest BCUT2D eigenvalue weighted by atomic mass is 9.85. The Labute approximate surface area is 78.8 Å². The highest BCUT2D eigenvalue weighted by atomic mass is 14.2. The van der Waals surface area contributed by atoms with Crippen LogP contribution >= 0.6 is 0 Å². The highest BCUT2D eigenvalue weighted by Crippen LogP contribution is 2.24. The van der Waals surface area contributed by atoms with Gasteiger partial charge in [0.1, 0.15) is 0 Å². The Hall–Kier alpha value is 0. The first-order valence-electron chi connectivity index (χ1n) is 5.57. The Morgan fingerprint density at radius 2 is 1.42 bits per heavy atom. The van der Waals surface area contributed by atoms with Crippen LogP contribution < -0.4 is 0 Å². The van der Waals surface area contributed by atoms with Crippen LogP contribution in [0.3, 0.4) is 0 Å². The molecule has 0 fully saturated rings. The summed E-state index contributed by atoms with van der Waals surface area (Å²) < 4.78 is 0. The van der Waals surface area contributed by atoms with Crippen LogP contribution in [-0.4, -0.2) is 0 Å². The fraction of sp³-hybridized carbons (Fsp3) is 1.00. The van der Waals surface area contributed by atoms with Crippen molar-refractivity contribution in [3.63, 3.8) is 0 Å². The molecule has 0 heteroatoms. The first kappa shape index (κ1) is 12.0. The summed E-state index contributed by atoms with van der Waals surface area (Å²) >= 11 is 0. The number of rotatable bonds is 6. The molecule has 0 saturated carbocycles. The van der Waals surface area contributed by atoms with Gasteiger partial charge in [-0.25, -0.2) is 0 Å². The summed E-state index contributed by atoms with van der Waals surface area (Å²) in [5.74, 6) is 2.73. The lowest BCUT2D eigenvalue weighted by Crippen LogP contribution is -2.09. The Kier molecular flexibility index (Phi) is 6.51. The van der Waals surface area contributed by atoms with E-state index in [2.05, 4.69) is 34.6 Å².